The van der Waals surface area contributed by atoms with Gasteiger partial charge in [-0.2, -0.15) is 0 Å². The molecule has 0 bridgehead atoms. The number of fused-ring (bicyclic) bond motifs is 1. The molecule has 1 aliphatic heterocycles. The first kappa shape index (κ1) is 16.0. The number of aliphatic hydroxyl groups excluding tert-OH is 3. The Morgan fingerprint density at radius 3 is 2.70 bits per heavy atom. The van der Waals surface area contributed by atoms with Crippen LogP contribution in [0.15, 0.2) is 12.7 Å². The molecule has 0 spiro atoms. The third-order valence-corrected chi connectivity index (χ3v) is 3.20. The highest BCUT2D eigenvalue weighted by Gasteiger charge is 2.43. The van der Waals surface area contributed by atoms with Gasteiger partial charge in [0.2, 0.25) is 0 Å². The number of ether oxygens (including phenoxy) is 1. The number of carbonyl (C=O) groups excluding carboxylic acids is 1. The molecule has 0 aromatic carbocycles. The zero-order chi connectivity index (χ0) is 17.9. The number of rotatable bonds is 3. The maximum Gasteiger partial charge on any atom is 0.167 e. The molecule has 0 amide bonds. The first-order valence-corrected chi connectivity index (χ1v) is 7.02. The first-order valence-electron chi connectivity index (χ1n) is 6.99. The lowest BCUT2D eigenvalue weighted by Crippen LogP contribution is -2.33. The van der Waals surface area contributed by atoms with Crippen molar-refractivity contribution in [3.8, 4) is 0 Å². The molecule has 1 saturated heterocycles. The highest BCUT2D eigenvalue weighted by molar-refractivity contribution is 6.24. The average molecular weight is 347 g/mol. The van der Waals surface area contributed by atoms with Gasteiger partial charge in [-0.3, -0.25) is 4.57 Å². The van der Waals surface area contributed by atoms with Gasteiger partial charge in [0.25, 0.3) is 0 Å². The van der Waals surface area contributed by atoms with Crippen LogP contribution in [-0.4, -0.2) is 71.9 Å². The molecule has 0 radical (unpaired) electrons. The second-order valence-corrected chi connectivity index (χ2v) is 4.79. The number of alkyl halides is 1. The summed E-state index contributed by atoms with van der Waals surface area (Å²) in [5, 5.41) is 28.9. The summed E-state index contributed by atoms with van der Waals surface area (Å²) in [7, 11) is 0. The lowest BCUT2D eigenvalue weighted by molar-refractivity contribution is -0.105. The molecule has 0 unspecified atom stereocenters. The van der Waals surface area contributed by atoms with Crippen LogP contribution in [0.3, 0.4) is 0 Å². The Kier molecular flexibility index (Phi) is 5.31. The first-order chi connectivity index (χ1) is 11.4. The Morgan fingerprint density at radius 2 is 2.13 bits per heavy atom. The molecule has 11 heteroatoms. The second kappa shape index (κ2) is 7.62. The summed E-state index contributed by atoms with van der Waals surface area (Å²) in [4.78, 5) is 20.7. The second-order valence-electron chi connectivity index (χ2n) is 4.48. The number of hydrogen-bond acceptors (Lipinski definition) is 9. The van der Waals surface area contributed by atoms with Crippen molar-refractivity contribution in [1.29, 1.82) is 0 Å². The Labute approximate surface area is 136 Å². The Morgan fingerprint density at radius 1 is 1.43 bits per heavy atom. The quantitative estimate of drug-likeness (QED) is 0.381. The molecule has 0 aliphatic carbocycles. The zero-order valence-corrected chi connectivity index (χ0v) is 12.5. The topological polar surface area (TPSA) is 157 Å². The largest absolute Gasteiger partial charge is 0.394 e. The van der Waals surface area contributed by atoms with Gasteiger partial charge in [-0.1, -0.05) is 0 Å². The van der Waals surface area contributed by atoms with Crippen LogP contribution in [0.2, 0.25) is 0 Å². The number of aldehydes is 1. The third kappa shape index (κ3) is 3.41. The molecule has 2 aromatic rings. The van der Waals surface area contributed by atoms with Crippen molar-refractivity contribution in [2.75, 3.05) is 18.2 Å². The van der Waals surface area contributed by atoms with Crippen molar-refractivity contribution in [2.24, 2.45) is 0 Å². The minimum Gasteiger partial charge on any atom is -0.394 e. The normalized spacial score (nSPS) is 30.6. The molecule has 3 heterocycles. The average Bonchev–Trinajstić information content (AvgIpc) is 3.12. The number of imidazole rings is 1. The number of nitrogen functional groups attached to an aromatic ring is 1. The molecule has 2 aromatic heterocycles. The van der Waals surface area contributed by atoms with Gasteiger partial charge in [-0.25, -0.2) is 15.0 Å². The number of aliphatic hydroxyl groups is 3. The van der Waals surface area contributed by atoms with Gasteiger partial charge in [-0.15, -0.1) is 11.6 Å². The van der Waals surface area contributed by atoms with E-state index >= 15 is 0 Å². The van der Waals surface area contributed by atoms with E-state index in [1.54, 1.807) is 0 Å². The minimum atomic E-state index is -2.05. The van der Waals surface area contributed by atoms with Crippen LogP contribution in [0.1, 0.15) is 7.57 Å². The Balaban J connectivity index is 0.000000471. The van der Waals surface area contributed by atoms with Gasteiger partial charge in [0.05, 0.1) is 20.2 Å². The smallest absolute Gasteiger partial charge is 0.167 e. The van der Waals surface area contributed by atoms with Gasteiger partial charge < -0.3 is 30.6 Å². The lowest BCUT2D eigenvalue weighted by atomic mass is 10.1. The standard InChI is InChI=1S/C10H13N5O4.C2H3ClO/c11-8-5-9(13-2-12-8)15(3-14-5)10-7(18)6(17)4(1-16)19-10;3-1-2-4/h2-4,6-7,10,16-18H,1H2,(H2,11,12,13);2H,1H2/t4-,6-,7-,10-;/m1./s1/i10D;. The number of nitrogens with zero attached hydrogens (tertiary/aromatic N) is 4. The summed E-state index contributed by atoms with van der Waals surface area (Å²) in [5.74, 6) is 0.240. The number of nitrogens with two attached hydrogens (primary N) is 1. The van der Waals surface area contributed by atoms with E-state index in [1.165, 1.54) is 12.7 Å². The van der Waals surface area contributed by atoms with Crippen LogP contribution in [0.4, 0.5) is 5.82 Å². The summed E-state index contributed by atoms with van der Waals surface area (Å²) in [6, 6.07) is 0. The molecular formula is C12H16ClN5O5. The van der Waals surface area contributed by atoms with E-state index in [4.69, 9.17) is 33.3 Å². The maximum atomic E-state index is 10.0. The fourth-order valence-corrected chi connectivity index (χ4v) is 2.00. The van der Waals surface area contributed by atoms with Crippen LogP contribution in [0.5, 0.6) is 0 Å². The van der Waals surface area contributed by atoms with E-state index in [2.05, 4.69) is 15.0 Å². The zero-order valence-electron chi connectivity index (χ0n) is 12.8. The van der Waals surface area contributed by atoms with Crippen molar-refractivity contribution in [2.45, 2.75) is 24.5 Å². The fourth-order valence-electron chi connectivity index (χ4n) is 2.00. The van der Waals surface area contributed by atoms with Crippen molar-refractivity contribution in [1.82, 2.24) is 19.5 Å². The predicted molar refractivity (Wildman–Crippen MR) is 79.5 cm³/mol. The Hall–Kier alpha value is -1.85. The van der Waals surface area contributed by atoms with Crippen LogP contribution >= 0.6 is 11.6 Å². The van der Waals surface area contributed by atoms with Crippen LogP contribution in [0.25, 0.3) is 11.2 Å². The highest BCUT2D eigenvalue weighted by atomic mass is 35.5. The maximum absolute atomic E-state index is 10.0. The molecule has 1 fully saturated rings. The minimum absolute atomic E-state index is 0.111. The van der Waals surface area contributed by atoms with Crippen LogP contribution in [-0.2, 0) is 9.53 Å². The van der Waals surface area contributed by atoms with E-state index in [9.17, 15) is 10.2 Å². The van der Waals surface area contributed by atoms with Crippen molar-refractivity contribution in [3.05, 3.63) is 12.7 Å². The van der Waals surface area contributed by atoms with Crippen molar-refractivity contribution >= 4 is 34.9 Å². The monoisotopic (exact) mass is 346 g/mol. The summed E-state index contributed by atoms with van der Waals surface area (Å²) in [6.07, 6.45) is -3.04. The third-order valence-electron chi connectivity index (χ3n) is 3.07. The predicted octanol–water partition coefficient (Wildman–Crippen LogP) is -1.56. The van der Waals surface area contributed by atoms with E-state index in [1.807, 2.05) is 0 Å². The lowest BCUT2D eigenvalue weighted by Gasteiger charge is -2.16. The fraction of sp³-hybridized carbons (Fsp3) is 0.500. The molecule has 0 saturated carbocycles. The summed E-state index contributed by atoms with van der Waals surface area (Å²) in [5.41, 5.74) is 6.10. The number of carbonyl (C=O) groups is 1. The van der Waals surface area contributed by atoms with Gasteiger partial charge in [0.15, 0.2) is 17.7 Å². The molecule has 5 N–H and O–H groups in total. The summed E-state index contributed by atoms with van der Waals surface area (Å²) < 4.78 is 14.6. The van der Waals surface area contributed by atoms with Gasteiger partial charge in [0.1, 0.15) is 36.4 Å². The van der Waals surface area contributed by atoms with Crippen molar-refractivity contribution < 1.29 is 26.2 Å². The van der Waals surface area contributed by atoms with Gasteiger partial charge in [-0.05, 0) is 0 Å². The number of hydrogen-bond donors (Lipinski definition) is 4. The number of anilines is 1. The highest BCUT2D eigenvalue weighted by Crippen LogP contribution is 2.31. The number of halogens is 1. The molecule has 1 aliphatic rings. The molecule has 10 nitrogen and oxygen atoms in total. The molecule has 4 atom stereocenters. The summed E-state index contributed by atoms with van der Waals surface area (Å²) in [6.45, 7) is -0.525. The SMILES string of the molecule is O=CCCl.[2H][C@@]1(n2cnc3c(N)ncnc32)O[C@H](CO)[C@@H](O)[C@H]1O. The Bertz CT molecular complexity index is 718. The number of aromatic nitrogens is 4. The molecular weight excluding hydrogens is 330 g/mol. The van der Waals surface area contributed by atoms with Crippen LogP contribution < -0.4 is 5.73 Å². The van der Waals surface area contributed by atoms with Crippen LogP contribution in [0, 0.1) is 0 Å². The van der Waals surface area contributed by atoms with E-state index < -0.39 is 31.1 Å². The van der Waals surface area contributed by atoms with E-state index in [0.29, 0.717) is 6.29 Å². The summed E-state index contributed by atoms with van der Waals surface area (Å²) >= 11 is 4.82. The molecule has 23 heavy (non-hydrogen) atoms. The molecule has 126 valence electrons. The van der Waals surface area contributed by atoms with Crippen molar-refractivity contribution in [3.63, 3.8) is 0 Å². The van der Waals surface area contributed by atoms with E-state index in [0.717, 1.165) is 4.57 Å². The van der Waals surface area contributed by atoms with E-state index in [-0.39, 0.29) is 22.9 Å². The van der Waals surface area contributed by atoms with Gasteiger partial charge >= 0.3 is 0 Å². The molecule has 3 rings (SSSR count). The van der Waals surface area contributed by atoms with Gasteiger partial charge in [0, 0.05) is 0 Å².